The third-order valence-electron chi connectivity index (χ3n) is 4.15. The number of hydrogen-bond donors (Lipinski definition) is 1. The van der Waals surface area contributed by atoms with Crippen molar-refractivity contribution in [2.45, 2.75) is 26.5 Å². The zero-order valence-electron chi connectivity index (χ0n) is 14.9. The molecule has 0 fully saturated rings. The Kier molecular flexibility index (Phi) is 5.35. The summed E-state index contributed by atoms with van der Waals surface area (Å²) in [6.45, 7) is 1.83. The summed E-state index contributed by atoms with van der Waals surface area (Å²) in [6, 6.07) is 17.6. The molecule has 0 saturated carbocycles. The predicted molar refractivity (Wildman–Crippen MR) is 105 cm³/mol. The van der Waals surface area contributed by atoms with Gasteiger partial charge in [0, 0.05) is 0 Å². The molecule has 0 atom stereocenters. The van der Waals surface area contributed by atoms with E-state index in [-0.39, 0.29) is 25.3 Å². The van der Waals surface area contributed by atoms with Crippen LogP contribution >= 0.6 is 0 Å². The standard InChI is InChI=1S/C20H17NO5S2/c1-15-7-9-17(10-8-15)28(25,26)20-12-11-18(13-19(20)21-14-22)27(23,24)16-5-3-2-4-6-16/h2-14H,1H3,(H,21,22). The van der Waals surface area contributed by atoms with Crippen molar-refractivity contribution in [2.75, 3.05) is 5.32 Å². The fourth-order valence-corrected chi connectivity index (χ4v) is 5.38. The van der Waals surface area contributed by atoms with Crippen LogP contribution in [0.15, 0.2) is 92.4 Å². The van der Waals surface area contributed by atoms with Crippen molar-refractivity contribution in [1.29, 1.82) is 0 Å². The number of amides is 1. The average molecular weight is 415 g/mol. The first kappa shape index (κ1) is 19.8. The maximum absolute atomic E-state index is 13.0. The number of anilines is 1. The molecule has 28 heavy (non-hydrogen) atoms. The van der Waals surface area contributed by atoms with Crippen LogP contribution < -0.4 is 5.32 Å². The van der Waals surface area contributed by atoms with Gasteiger partial charge in [-0.05, 0) is 49.4 Å². The summed E-state index contributed by atoms with van der Waals surface area (Å²) in [4.78, 5) is 10.8. The SMILES string of the molecule is Cc1ccc(S(=O)(=O)c2ccc(S(=O)(=O)c3ccccc3)cc2NC=O)cc1. The van der Waals surface area contributed by atoms with Crippen molar-refractivity contribution in [3.8, 4) is 0 Å². The Morgan fingerprint density at radius 2 is 1.29 bits per heavy atom. The lowest BCUT2D eigenvalue weighted by atomic mass is 10.2. The lowest BCUT2D eigenvalue weighted by Gasteiger charge is -2.12. The van der Waals surface area contributed by atoms with Gasteiger partial charge in [0.25, 0.3) is 0 Å². The highest BCUT2D eigenvalue weighted by Crippen LogP contribution is 2.31. The van der Waals surface area contributed by atoms with Gasteiger partial charge in [0.2, 0.25) is 26.1 Å². The van der Waals surface area contributed by atoms with Crippen LogP contribution in [0.1, 0.15) is 5.56 Å². The van der Waals surface area contributed by atoms with Gasteiger partial charge in [0.15, 0.2) is 0 Å². The normalized spacial score (nSPS) is 11.8. The van der Waals surface area contributed by atoms with E-state index in [1.807, 2.05) is 6.92 Å². The van der Waals surface area contributed by atoms with E-state index < -0.39 is 19.7 Å². The molecule has 6 nitrogen and oxygen atoms in total. The van der Waals surface area contributed by atoms with Crippen molar-refractivity contribution in [3.63, 3.8) is 0 Å². The molecule has 8 heteroatoms. The van der Waals surface area contributed by atoms with Crippen LogP contribution in [0.3, 0.4) is 0 Å². The molecule has 1 amide bonds. The molecular weight excluding hydrogens is 398 g/mol. The molecule has 3 rings (SSSR count). The monoisotopic (exact) mass is 415 g/mol. The highest BCUT2D eigenvalue weighted by Gasteiger charge is 2.25. The van der Waals surface area contributed by atoms with E-state index in [4.69, 9.17) is 0 Å². The van der Waals surface area contributed by atoms with Crippen LogP contribution in [0.2, 0.25) is 0 Å². The molecule has 1 N–H and O–H groups in total. The van der Waals surface area contributed by atoms with Crippen molar-refractivity contribution < 1.29 is 21.6 Å². The number of carbonyl (C=O) groups is 1. The molecule has 0 heterocycles. The molecule has 0 radical (unpaired) electrons. The minimum Gasteiger partial charge on any atom is -0.328 e. The fourth-order valence-electron chi connectivity index (χ4n) is 2.67. The van der Waals surface area contributed by atoms with E-state index in [9.17, 15) is 21.6 Å². The molecule has 0 saturated heterocycles. The lowest BCUT2D eigenvalue weighted by Crippen LogP contribution is -2.09. The summed E-state index contributed by atoms with van der Waals surface area (Å²) in [7, 11) is -7.81. The summed E-state index contributed by atoms with van der Waals surface area (Å²) >= 11 is 0. The predicted octanol–water partition coefficient (Wildman–Crippen LogP) is 3.23. The molecule has 0 aliphatic heterocycles. The molecule has 3 aromatic carbocycles. The number of nitrogens with one attached hydrogen (secondary N) is 1. The number of rotatable bonds is 6. The number of aryl methyl sites for hydroxylation is 1. The van der Waals surface area contributed by atoms with Crippen LogP contribution in [0.4, 0.5) is 5.69 Å². The molecule has 144 valence electrons. The first-order chi connectivity index (χ1) is 13.3. The largest absolute Gasteiger partial charge is 0.328 e. The Hall–Kier alpha value is -2.97. The van der Waals surface area contributed by atoms with Crippen LogP contribution in [-0.4, -0.2) is 23.2 Å². The molecule has 0 unspecified atom stereocenters. The third kappa shape index (κ3) is 3.69. The minimum absolute atomic E-state index is 0.0470. The number of hydrogen-bond acceptors (Lipinski definition) is 5. The summed E-state index contributed by atoms with van der Waals surface area (Å²) in [6.07, 6.45) is 0.308. The van der Waals surface area contributed by atoms with Crippen LogP contribution in [-0.2, 0) is 24.5 Å². The van der Waals surface area contributed by atoms with Gasteiger partial charge in [-0.3, -0.25) is 4.79 Å². The Balaban J connectivity index is 2.15. The fraction of sp³-hybridized carbons (Fsp3) is 0.0500. The van der Waals surface area contributed by atoms with E-state index in [1.54, 1.807) is 30.3 Å². The highest BCUT2D eigenvalue weighted by molar-refractivity contribution is 7.92. The van der Waals surface area contributed by atoms with Gasteiger partial charge in [-0.1, -0.05) is 35.9 Å². The van der Waals surface area contributed by atoms with Gasteiger partial charge in [-0.25, -0.2) is 16.8 Å². The van der Waals surface area contributed by atoms with Gasteiger partial charge in [0.05, 0.1) is 25.3 Å². The Morgan fingerprint density at radius 3 is 1.89 bits per heavy atom. The smallest absolute Gasteiger partial charge is 0.211 e. The summed E-state index contributed by atoms with van der Waals surface area (Å²) in [5.41, 5.74) is 0.794. The van der Waals surface area contributed by atoms with E-state index in [0.717, 1.165) is 11.6 Å². The zero-order valence-corrected chi connectivity index (χ0v) is 16.5. The number of sulfone groups is 2. The topological polar surface area (TPSA) is 97.4 Å². The first-order valence-corrected chi connectivity index (χ1v) is 11.2. The van der Waals surface area contributed by atoms with E-state index in [0.29, 0.717) is 6.41 Å². The summed E-state index contributed by atoms with van der Waals surface area (Å²) < 4.78 is 51.5. The van der Waals surface area contributed by atoms with Gasteiger partial charge in [0.1, 0.15) is 0 Å². The molecule has 0 aliphatic carbocycles. The van der Waals surface area contributed by atoms with Gasteiger partial charge >= 0.3 is 0 Å². The van der Waals surface area contributed by atoms with Crippen molar-refractivity contribution >= 4 is 31.8 Å². The second-order valence-electron chi connectivity index (χ2n) is 6.05. The number of benzene rings is 3. The Bertz CT molecular complexity index is 1220. The quantitative estimate of drug-likeness (QED) is 0.624. The molecular formula is C20H17NO5S2. The highest BCUT2D eigenvalue weighted by atomic mass is 32.2. The van der Waals surface area contributed by atoms with E-state index in [1.165, 1.54) is 36.4 Å². The first-order valence-electron chi connectivity index (χ1n) is 8.23. The van der Waals surface area contributed by atoms with Crippen molar-refractivity contribution in [1.82, 2.24) is 0 Å². The maximum Gasteiger partial charge on any atom is 0.211 e. The van der Waals surface area contributed by atoms with Gasteiger partial charge < -0.3 is 5.32 Å². The molecule has 0 spiro atoms. The van der Waals surface area contributed by atoms with Crippen LogP contribution in [0.5, 0.6) is 0 Å². The Morgan fingerprint density at radius 1 is 0.714 bits per heavy atom. The molecule has 0 bridgehead atoms. The molecule has 0 aromatic heterocycles. The third-order valence-corrected chi connectivity index (χ3v) is 7.75. The van der Waals surface area contributed by atoms with Gasteiger partial charge in [-0.2, -0.15) is 0 Å². The second kappa shape index (κ2) is 7.57. The van der Waals surface area contributed by atoms with Gasteiger partial charge in [-0.15, -0.1) is 0 Å². The zero-order chi connectivity index (χ0) is 20.4. The Labute approximate surface area is 163 Å². The lowest BCUT2D eigenvalue weighted by molar-refractivity contribution is -0.105. The van der Waals surface area contributed by atoms with Crippen LogP contribution in [0.25, 0.3) is 0 Å². The summed E-state index contributed by atoms with van der Waals surface area (Å²) in [5.74, 6) is 0. The maximum atomic E-state index is 13.0. The minimum atomic E-state index is -3.95. The van der Waals surface area contributed by atoms with Crippen molar-refractivity contribution in [2.24, 2.45) is 0 Å². The van der Waals surface area contributed by atoms with E-state index in [2.05, 4.69) is 5.32 Å². The summed E-state index contributed by atoms with van der Waals surface area (Å²) in [5, 5.41) is 2.30. The molecule has 0 aliphatic rings. The number of carbonyl (C=O) groups excluding carboxylic acids is 1. The second-order valence-corrected chi connectivity index (χ2v) is 9.92. The van der Waals surface area contributed by atoms with E-state index >= 15 is 0 Å². The average Bonchev–Trinajstić information content (AvgIpc) is 2.69. The van der Waals surface area contributed by atoms with Crippen molar-refractivity contribution in [3.05, 3.63) is 78.4 Å². The molecule has 3 aromatic rings. The van der Waals surface area contributed by atoms with Crippen LogP contribution in [0, 0.1) is 6.92 Å².